The molecule has 3 rings (SSSR count). The van der Waals surface area contributed by atoms with Crippen LogP contribution in [-0.2, 0) is 0 Å². The first kappa shape index (κ1) is 10.8. The minimum atomic E-state index is -0.310. The number of nitrogens with zero attached hydrogens (tertiary/aromatic N) is 2. The van der Waals surface area contributed by atoms with Crippen LogP contribution in [0.25, 0.3) is 0 Å². The van der Waals surface area contributed by atoms with Gasteiger partial charge in [-0.1, -0.05) is 4.49 Å². The Hall–Kier alpha value is -2.35. The molecule has 0 atom stereocenters. The number of amides is 1. The Morgan fingerprint density at radius 3 is 2.89 bits per heavy atom. The fraction of sp³-hybridized carbons (Fsp3) is 0.100. The van der Waals surface area contributed by atoms with Gasteiger partial charge in [-0.3, -0.25) is 4.79 Å². The van der Waals surface area contributed by atoms with E-state index in [9.17, 15) is 4.79 Å². The van der Waals surface area contributed by atoms with Crippen LogP contribution < -0.4 is 20.5 Å². The number of carbonyl (C=O) groups is 1. The second-order valence-corrected chi connectivity index (χ2v) is 4.31. The van der Waals surface area contributed by atoms with Crippen molar-refractivity contribution in [3.8, 4) is 11.5 Å². The third-order valence-corrected chi connectivity index (χ3v) is 3.04. The van der Waals surface area contributed by atoms with Crippen molar-refractivity contribution in [1.82, 2.24) is 9.59 Å². The molecule has 1 aliphatic rings. The molecule has 8 heteroatoms. The van der Waals surface area contributed by atoms with E-state index < -0.39 is 0 Å². The van der Waals surface area contributed by atoms with Crippen LogP contribution in [0.5, 0.6) is 11.5 Å². The summed E-state index contributed by atoms with van der Waals surface area (Å²) in [6, 6.07) is 3.24. The number of nitrogens with one attached hydrogen (secondary N) is 1. The topological polar surface area (TPSA) is 99.4 Å². The van der Waals surface area contributed by atoms with Crippen LogP contribution in [0.15, 0.2) is 18.3 Å². The number of benzene rings is 1. The van der Waals surface area contributed by atoms with Gasteiger partial charge in [-0.15, -0.1) is 5.10 Å². The average Bonchev–Trinajstić information content (AvgIpc) is 2.98. The number of nitrogen functional groups attached to an aromatic ring is 1. The van der Waals surface area contributed by atoms with Gasteiger partial charge < -0.3 is 20.5 Å². The molecule has 0 unspecified atom stereocenters. The van der Waals surface area contributed by atoms with Crippen molar-refractivity contribution < 1.29 is 14.3 Å². The van der Waals surface area contributed by atoms with E-state index in [1.54, 1.807) is 12.1 Å². The zero-order valence-electron chi connectivity index (χ0n) is 9.04. The molecule has 1 aliphatic heterocycles. The van der Waals surface area contributed by atoms with Gasteiger partial charge in [-0.05, 0) is 11.5 Å². The molecule has 0 aliphatic carbocycles. The number of aromatic nitrogens is 2. The average molecular weight is 264 g/mol. The first-order valence-electron chi connectivity index (χ1n) is 5.02. The molecule has 1 aromatic carbocycles. The molecule has 0 saturated carbocycles. The highest BCUT2D eigenvalue weighted by atomic mass is 32.1. The van der Waals surface area contributed by atoms with Crippen molar-refractivity contribution in [3.05, 3.63) is 23.2 Å². The molecule has 1 aromatic heterocycles. The van der Waals surface area contributed by atoms with Crippen molar-refractivity contribution in [3.63, 3.8) is 0 Å². The van der Waals surface area contributed by atoms with Crippen LogP contribution in [0.3, 0.4) is 0 Å². The predicted molar refractivity (Wildman–Crippen MR) is 64.8 cm³/mol. The summed E-state index contributed by atoms with van der Waals surface area (Å²) in [4.78, 5) is 12.2. The molecule has 0 radical (unpaired) electrons. The minimum Gasteiger partial charge on any atom is -0.454 e. The molecule has 2 heterocycles. The van der Waals surface area contributed by atoms with Gasteiger partial charge in [0.2, 0.25) is 6.79 Å². The molecule has 0 bridgehead atoms. The van der Waals surface area contributed by atoms with Crippen LogP contribution in [0.4, 0.5) is 11.4 Å². The lowest BCUT2D eigenvalue weighted by atomic mass is 10.2. The molecule has 18 heavy (non-hydrogen) atoms. The van der Waals surface area contributed by atoms with Gasteiger partial charge in [0.15, 0.2) is 11.5 Å². The fourth-order valence-corrected chi connectivity index (χ4v) is 1.93. The largest absolute Gasteiger partial charge is 0.454 e. The van der Waals surface area contributed by atoms with E-state index in [1.165, 1.54) is 6.20 Å². The number of nitrogens with two attached hydrogens (primary N) is 1. The van der Waals surface area contributed by atoms with Crippen molar-refractivity contribution in [1.29, 1.82) is 0 Å². The van der Waals surface area contributed by atoms with Gasteiger partial charge in [0, 0.05) is 12.1 Å². The molecular weight excluding hydrogens is 256 g/mol. The molecule has 92 valence electrons. The summed E-state index contributed by atoms with van der Waals surface area (Å²) >= 11 is 1.01. The quantitative estimate of drug-likeness (QED) is 0.788. The van der Waals surface area contributed by atoms with E-state index in [0.29, 0.717) is 27.8 Å². The zero-order valence-corrected chi connectivity index (χ0v) is 9.86. The van der Waals surface area contributed by atoms with Crippen LogP contribution in [-0.4, -0.2) is 22.3 Å². The Kier molecular flexibility index (Phi) is 2.49. The van der Waals surface area contributed by atoms with Crippen molar-refractivity contribution in [2.45, 2.75) is 0 Å². The maximum Gasteiger partial charge on any atom is 0.269 e. The first-order chi connectivity index (χ1) is 8.74. The number of anilines is 2. The van der Waals surface area contributed by atoms with E-state index in [-0.39, 0.29) is 12.7 Å². The van der Waals surface area contributed by atoms with Gasteiger partial charge >= 0.3 is 0 Å². The lowest BCUT2D eigenvalue weighted by Crippen LogP contribution is -2.11. The highest BCUT2D eigenvalue weighted by molar-refractivity contribution is 7.07. The number of hydrogen-bond acceptors (Lipinski definition) is 7. The monoisotopic (exact) mass is 264 g/mol. The Morgan fingerprint density at radius 2 is 2.17 bits per heavy atom. The minimum absolute atomic E-state index is 0.158. The standard InChI is InChI=1S/C10H8N4O3S/c11-5-1-7-8(17-4-16-7)2-6(5)13-10(15)9-3-12-14-18-9/h1-3H,4,11H2,(H,13,15). The van der Waals surface area contributed by atoms with Gasteiger partial charge in [0.05, 0.1) is 17.6 Å². The smallest absolute Gasteiger partial charge is 0.269 e. The number of rotatable bonds is 2. The van der Waals surface area contributed by atoms with Crippen LogP contribution in [0.2, 0.25) is 0 Å². The van der Waals surface area contributed by atoms with Crippen LogP contribution in [0.1, 0.15) is 9.67 Å². The number of carbonyl (C=O) groups excluding carboxylic acids is 1. The maximum atomic E-state index is 11.8. The first-order valence-corrected chi connectivity index (χ1v) is 5.79. The Balaban J connectivity index is 1.87. The zero-order chi connectivity index (χ0) is 12.5. The maximum absolute atomic E-state index is 11.8. The van der Waals surface area contributed by atoms with Gasteiger partial charge in [-0.25, -0.2) is 0 Å². The van der Waals surface area contributed by atoms with E-state index >= 15 is 0 Å². The lowest BCUT2D eigenvalue weighted by Gasteiger charge is -2.07. The Labute approximate surface area is 106 Å². The highest BCUT2D eigenvalue weighted by Gasteiger charge is 2.18. The normalized spacial score (nSPS) is 12.4. The third-order valence-electron chi connectivity index (χ3n) is 2.38. The lowest BCUT2D eigenvalue weighted by molar-refractivity contribution is 0.103. The van der Waals surface area contributed by atoms with E-state index in [0.717, 1.165) is 11.5 Å². The predicted octanol–water partition coefficient (Wildman–Crippen LogP) is 1.10. The van der Waals surface area contributed by atoms with Crippen LogP contribution >= 0.6 is 11.5 Å². The third kappa shape index (κ3) is 1.82. The number of fused-ring (bicyclic) bond motifs is 1. The van der Waals surface area contributed by atoms with E-state index in [2.05, 4.69) is 14.9 Å². The number of hydrogen-bond donors (Lipinski definition) is 2. The van der Waals surface area contributed by atoms with Crippen molar-refractivity contribution in [2.24, 2.45) is 0 Å². The highest BCUT2D eigenvalue weighted by Crippen LogP contribution is 2.38. The van der Waals surface area contributed by atoms with Gasteiger partial charge in [-0.2, -0.15) is 0 Å². The van der Waals surface area contributed by atoms with E-state index in [4.69, 9.17) is 15.2 Å². The van der Waals surface area contributed by atoms with Gasteiger partial charge in [0.1, 0.15) is 4.88 Å². The summed E-state index contributed by atoms with van der Waals surface area (Å²) in [7, 11) is 0. The molecule has 2 aromatic rings. The summed E-state index contributed by atoms with van der Waals surface area (Å²) in [5.74, 6) is 0.822. The Morgan fingerprint density at radius 1 is 1.39 bits per heavy atom. The Bertz CT molecular complexity index is 599. The molecule has 1 amide bonds. The summed E-state index contributed by atoms with van der Waals surface area (Å²) in [6.07, 6.45) is 1.39. The molecule has 0 spiro atoms. The SMILES string of the molecule is Nc1cc2c(cc1NC(=O)c1cnns1)OCO2. The molecule has 3 N–H and O–H groups in total. The van der Waals surface area contributed by atoms with Crippen LogP contribution in [0, 0.1) is 0 Å². The summed E-state index contributed by atoms with van der Waals surface area (Å²) < 4.78 is 14.0. The molecule has 0 saturated heterocycles. The fourth-order valence-electron chi connectivity index (χ4n) is 1.52. The molecule has 0 fully saturated rings. The van der Waals surface area contributed by atoms with Crippen molar-refractivity contribution >= 4 is 28.8 Å². The van der Waals surface area contributed by atoms with Crippen molar-refractivity contribution in [2.75, 3.05) is 17.8 Å². The molecule has 7 nitrogen and oxygen atoms in total. The summed E-state index contributed by atoms with van der Waals surface area (Å²) in [6.45, 7) is 0.158. The molecular formula is C10H8N4O3S. The summed E-state index contributed by atoms with van der Waals surface area (Å²) in [5, 5.41) is 6.27. The second kappa shape index (κ2) is 4.15. The van der Waals surface area contributed by atoms with Gasteiger partial charge in [0.25, 0.3) is 5.91 Å². The number of ether oxygens (including phenoxy) is 2. The van der Waals surface area contributed by atoms with E-state index in [1.807, 2.05) is 0 Å². The second-order valence-electron chi connectivity index (χ2n) is 3.53. The summed E-state index contributed by atoms with van der Waals surface area (Å²) in [5.41, 5.74) is 6.69.